The highest BCUT2D eigenvalue weighted by Gasteiger charge is 2.25. The van der Waals surface area contributed by atoms with Crippen LogP contribution in [0.2, 0.25) is 0 Å². The van der Waals surface area contributed by atoms with Crippen LogP contribution < -0.4 is 10.2 Å². The number of carbonyl (C=O) groups is 2. The van der Waals surface area contributed by atoms with Gasteiger partial charge in [-0.05, 0) is 36.8 Å². The zero-order valence-electron chi connectivity index (χ0n) is 15.9. The molecule has 28 heavy (non-hydrogen) atoms. The van der Waals surface area contributed by atoms with E-state index in [0.717, 1.165) is 28.2 Å². The van der Waals surface area contributed by atoms with Crippen LogP contribution in [0.15, 0.2) is 66.9 Å². The van der Waals surface area contributed by atoms with Gasteiger partial charge in [0.2, 0.25) is 11.8 Å². The molecule has 1 aliphatic heterocycles. The second kappa shape index (κ2) is 7.72. The van der Waals surface area contributed by atoms with Gasteiger partial charge in [-0.3, -0.25) is 9.59 Å². The summed E-state index contributed by atoms with van der Waals surface area (Å²) in [4.78, 5) is 26.8. The molecule has 5 nitrogen and oxygen atoms in total. The topological polar surface area (TPSA) is 54.3 Å². The highest BCUT2D eigenvalue weighted by molar-refractivity contribution is 5.97. The molecule has 0 aliphatic carbocycles. The number of anilines is 1. The molecule has 0 atom stereocenters. The van der Waals surface area contributed by atoms with Gasteiger partial charge in [-0.15, -0.1) is 0 Å². The van der Waals surface area contributed by atoms with Crippen LogP contribution in [0.3, 0.4) is 0 Å². The van der Waals surface area contributed by atoms with Crippen molar-refractivity contribution in [2.24, 2.45) is 0 Å². The third kappa shape index (κ3) is 3.69. The summed E-state index contributed by atoms with van der Waals surface area (Å²) >= 11 is 0. The van der Waals surface area contributed by atoms with Crippen LogP contribution in [0, 0.1) is 6.92 Å². The molecular formula is C23H23N3O2. The maximum atomic E-state index is 12.9. The van der Waals surface area contributed by atoms with E-state index in [0.29, 0.717) is 13.1 Å². The minimum atomic E-state index is -0.108. The molecule has 0 fully saturated rings. The van der Waals surface area contributed by atoms with Gasteiger partial charge < -0.3 is 14.8 Å². The molecule has 4 rings (SSSR count). The number of carbonyl (C=O) groups excluding carboxylic acids is 2. The fourth-order valence-electron chi connectivity index (χ4n) is 3.61. The van der Waals surface area contributed by atoms with Crippen molar-refractivity contribution < 1.29 is 9.59 Å². The summed E-state index contributed by atoms with van der Waals surface area (Å²) in [5.41, 5.74) is 5.17. The molecule has 142 valence electrons. The lowest BCUT2D eigenvalue weighted by Crippen LogP contribution is -2.35. The SMILES string of the molecule is Cc1cccc(CNC(=O)CCC(=O)N2Cc3cccn3-c3ccccc32)c1. The Bertz CT molecular complexity index is 1020. The summed E-state index contributed by atoms with van der Waals surface area (Å²) in [7, 11) is 0. The molecule has 1 aliphatic rings. The van der Waals surface area contributed by atoms with E-state index in [4.69, 9.17) is 0 Å². The Hall–Kier alpha value is -3.34. The number of rotatable bonds is 5. The standard InChI is InChI=1S/C23H23N3O2/c1-17-6-4-7-18(14-17)15-24-22(27)11-12-23(28)26-16-19-8-5-13-25(19)20-9-2-3-10-21(20)26/h2-10,13-14H,11-12,15-16H2,1H3,(H,24,27). The fourth-order valence-corrected chi connectivity index (χ4v) is 3.61. The smallest absolute Gasteiger partial charge is 0.227 e. The number of aromatic nitrogens is 1. The zero-order valence-corrected chi connectivity index (χ0v) is 15.9. The predicted octanol–water partition coefficient (Wildman–Crippen LogP) is 3.73. The maximum absolute atomic E-state index is 12.9. The van der Waals surface area contributed by atoms with Crippen molar-refractivity contribution in [1.29, 1.82) is 0 Å². The van der Waals surface area contributed by atoms with E-state index in [1.165, 1.54) is 0 Å². The van der Waals surface area contributed by atoms with Crippen LogP contribution >= 0.6 is 0 Å². The Morgan fingerprint density at radius 1 is 0.964 bits per heavy atom. The third-order valence-corrected chi connectivity index (χ3v) is 5.02. The van der Waals surface area contributed by atoms with Gasteiger partial charge in [-0.25, -0.2) is 0 Å². The normalized spacial score (nSPS) is 12.2. The first-order chi connectivity index (χ1) is 13.6. The number of aryl methyl sites for hydroxylation is 1. The van der Waals surface area contributed by atoms with Crippen molar-refractivity contribution in [1.82, 2.24) is 9.88 Å². The van der Waals surface area contributed by atoms with E-state index in [-0.39, 0.29) is 24.7 Å². The van der Waals surface area contributed by atoms with Crippen LogP contribution in [0.1, 0.15) is 29.7 Å². The molecule has 2 heterocycles. The monoisotopic (exact) mass is 373 g/mol. The summed E-state index contributed by atoms with van der Waals surface area (Å²) in [5.74, 6) is -0.144. The summed E-state index contributed by atoms with van der Waals surface area (Å²) in [5, 5.41) is 2.90. The lowest BCUT2D eigenvalue weighted by molar-refractivity contribution is -0.125. The van der Waals surface area contributed by atoms with E-state index in [9.17, 15) is 9.59 Å². The molecule has 0 saturated carbocycles. The van der Waals surface area contributed by atoms with Crippen LogP contribution in [-0.2, 0) is 22.7 Å². The van der Waals surface area contributed by atoms with E-state index in [1.54, 1.807) is 4.90 Å². The van der Waals surface area contributed by atoms with Crippen molar-refractivity contribution in [2.75, 3.05) is 4.90 Å². The van der Waals surface area contributed by atoms with Gasteiger partial charge in [-0.1, -0.05) is 42.0 Å². The molecule has 1 aromatic heterocycles. The summed E-state index contributed by atoms with van der Waals surface area (Å²) in [6.07, 6.45) is 2.38. The average molecular weight is 373 g/mol. The molecule has 5 heteroatoms. The van der Waals surface area contributed by atoms with Crippen LogP contribution in [0.4, 0.5) is 5.69 Å². The first-order valence-corrected chi connectivity index (χ1v) is 9.50. The van der Waals surface area contributed by atoms with Crippen LogP contribution in [0.5, 0.6) is 0 Å². The average Bonchev–Trinajstić information content (AvgIpc) is 3.19. The number of hydrogen-bond acceptors (Lipinski definition) is 2. The Labute approximate surface area is 164 Å². The highest BCUT2D eigenvalue weighted by Crippen LogP contribution is 2.32. The maximum Gasteiger partial charge on any atom is 0.227 e. The summed E-state index contributed by atoms with van der Waals surface area (Å²) in [6, 6.07) is 19.9. The molecule has 0 radical (unpaired) electrons. The van der Waals surface area contributed by atoms with E-state index in [2.05, 4.69) is 9.88 Å². The molecule has 0 unspecified atom stereocenters. The second-order valence-corrected chi connectivity index (χ2v) is 7.10. The van der Waals surface area contributed by atoms with Crippen molar-refractivity contribution in [3.05, 3.63) is 83.7 Å². The molecule has 2 aromatic carbocycles. The molecule has 3 aromatic rings. The van der Waals surface area contributed by atoms with E-state index in [1.807, 2.05) is 73.8 Å². The van der Waals surface area contributed by atoms with Gasteiger partial charge >= 0.3 is 0 Å². The highest BCUT2D eigenvalue weighted by atomic mass is 16.2. The quantitative estimate of drug-likeness (QED) is 0.741. The molecule has 2 amide bonds. The van der Waals surface area contributed by atoms with Gasteiger partial charge in [0.25, 0.3) is 0 Å². The third-order valence-electron chi connectivity index (χ3n) is 5.02. The first kappa shape index (κ1) is 18.0. The lowest BCUT2D eigenvalue weighted by atomic mass is 10.1. The number of para-hydroxylation sites is 2. The minimum absolute atomic E-state index is 0.0365. The number of nitrogens with zero attached hydrogens (tertiary/aromatic N) is 2. The fraction of sp³-hybridized carbons (Fsp3) is 0.217. The molecule has 1 N–H and O–H groups in total. The number of nitrogens with one attached hydrogen (secondary N) is 1. The Balaban J connectivity index is 1.37. The lowest BCUT2D eigenvalue weighted by Gasteiger charge is -2.31. The van der Waals surface area contributed by atoms with Crippen molar-refractivity contribution >= 4 is 17.5 Å². The van der Waals surface area contributed by atoms with E-state index >= 15 is 0 Å². The predicted molar refractivity (Wildman–Crippen MR) is 109 cm³/mol. The van der Waals surface area contributed by atoms with Crippen molar-refractivity contribution in [3.63, 3.8) is 0 Å². The Morgan fingerprint density at radius 3 is 2.61 bits per heavy atom. The molecular weight excluding hydrogens is 350 g/mol. The van der Waals surface area contributed by atoms with E-state index < -0.39 is 0 Å². The largest absolute Gasteiger partial charge is 0.352 e. The van der Waals surface area contributed by atoms with Crippen molar-refractivity contribution in [2.45, 2.75) is 32.9 Å². The summed E-state index contributed by atoms with van der Waals surface area (Å²) < 4.78 is 2.10. The van der Waals surface area contributed by atoms with Crippen LogP contribution in [-0.4, -0.2) is 16.4 Å². The minimum Gasteiger partial charge on any atom is -0.352 e. The van der Waals surface area contributed by atoms with Gasteiger partial charge in [0.1, 0.15) is 0 Å². The van der Waals surface area contributed by atoms with Gasteiger partial charge in [0.15, 0.2) is 0 Å². The van der Waals surface area contributed by atoms with Crippen LogP contribution in [0.25, 0.3) is 5.69 Å². The van der Waals surface area contributed by atoms with Gasteiger partial charge in [-0.2, -0.15) is 0 Å². The Morgan fingerprint density at radius 2 is 1.79 bits per heavy atom. The molecule has 0 spiro atoms. The first-order valence-electron chi connectivity index (χ1n) is 9.50. The second-order valence-electron chi connectivity index (χ2n) is 7.10. The van der Waals surface area contributed by atoms with Crippen molar-refractivity contribution in [3.8, 4) is 5.69 Å². The Kier molecular flexibility index (Phi) is 4.98. The zero-order chi connectivity index (χ0) is 19.5. The number of amides is 2. The molecule has 0 saturated heterocycles. The number of fused-ring (bicyclic) bond motifs is 3. The van der Waals surface area contributed by atoms with Gasteiger partial charge in [0, 0.05) is 31.3 Å². The number of hydrogen-bond donors (Lipinski definition) is 1. The number of benzene rings is 2. The van der Waals surface area contributed by atoms with Gasteiger partial charge in [0.05, 0.1) is 17.9 Å². The summed E-state index contributed by atoms with van der Waals surface area (Å²) in [6.45, 7) is 3.03. The molecule has 0 bridgehead atoms.